The maximum absolute atomic E-state index is 11.7. The van der Waals surface area contributed by atoms with Crippen LogP contribution in [-0.4, -0.2) is 10.9 Å². The fourth-order valence-corrected chi connectivity index (χ4v) is 2.51. The minimum absolute atomic E-state index is 0.0807. The highest BCUT2D eigenvalue weighted by Crippen LogP contribution is 2.15. The molecule has 3 N–H and O–H groups in total. The summed E-state index contributed by atoms with van der Waals surface area (Å²) in [6.45, 7) is 4.49. The summed E-state index contributed by atoms with van der Waals surface area (Å²) in [7, 11) is 0. The maximum atomic E-state index is 11.7. The van der Waals surface area contributed by atoms with Gasteiger partial charge < -0.3 is 11.1 Å². The van der Waals surface area contributed by atoms with Crippen molar-refractivity contribution < 1.29 is 4.79 Å². The standard InChI is InChI=1S/C11H16N2OS2/c1-3-8(10(12)15)11(14)13-6-9-7(2)4-5-16-9/h4-5,8H,3,6H2,1-2H3,(H2,12,15)(H,13,14). The van der Waals surface area contributed by atoms with E-state index in [1.165, 1.54) is 10.4 Å². The number of rotatable bonds is 5. The SMILES string of the molecule is CCC(C(=O)NCc1sccc1C)C(N)=S. The predicted octanol–water partition coefficient (Wildman–Crippen LogP) is 1.99. The lowest BCUT2D eigenvalue weighted by atomic mass is 10.1. The molecule has 0 bridgehead atoms. The number of carbonyl (C=O) groups is 1. The van der Waals surface area contributed by atoms with E-state index in [0.717, 1.165) is 0 Å². The average Bonchev–Trinajstić information content (AvgIpc) is 2.61. The summed E-state index contributed by atoms with van der Waals surface area (Å²) in [5, 5.41) is 4.88. The molecular weight excluding hydrogens is 240 g/mol. The van der Waals surface area contributed by atoms with Crippen molar-refractivity contribution >= 4 is 34.5 Å². The van der Waals surface area contributed by atoms with Gasteiger partial charge in [-0.15, -0.1) is 11.3 Å². The Balaban J connectivity index is 2.52. The van der Waals surface area contributed by atoms with Crippen molar-refractivity contribution in [1.82, 2.24) is 5.32 Å². The van der Waals surface area contributed by atoms with Gasteiger partial charge in [-0.05, 0) is 30.4 Å². The number of hydrogen-bond donors (Lipinski definition) is 2. The van der Waals surface area contributed by atoms with E-state index in [-0.39, 0.29) is 16.8 Å². The molecule has 1 rings (SSSR count). The van der Waals surface area contributed by atoms with Crippen molar-refractivity contribution in [3.05, 3.63) is 21.9 Å². The quantitative estimate of drug-likeness (QED) is 0.792. The largest absolute Gasteiger partial charge is 0.393 e. The second-order valence-electron chi connectivity index (χ2n) is 3.61. The molecule has 1 amide bonds. The molecule has 0 aliphatic carbocycles. The maximum Gasteiger partial charge on any atom is 0.230 e. The molecule has 16 heavy (non-hydrogen) atoms. The first kappa shape index (κ1) is 13.1. The van der Waals surface area contributed by atoms with Gasteiger partial charge in [0.25, 0.3) is 0 Å². The van der Waals surface area contributed by atoms with Crippen molar-refractivity contribution in [2.24, 2.45) is 11.7 Å². The van der Waals surface area contributed by atoms with Gasteiger partial charge in [0.15, 0.2) is 0 Å². The van der Waals surface area contributed by atoms with Crippen molar-refractivity contribution in [2.45, 2.75) is 26.8 Å². The molecule has 0 aromatic carbocycles. The normalized spacial score (nSPS) is 12.1. The van der Waals surface area contributed by atoms with Crippen LogP contribution in [0.25, 0.3) is 0 Å². The van der Waals surface area contributed by atoms with E-state index < -0.39 is 0 Å². The third-order valence-corrected chi connectivity index (χ3v) is 3.77. The molecule has 3 nitrogen and oxygen atoms in total. The Morgan fingerprint density at radius 3 is 2.81 bits per heavy atom. The van der Waals surface area contributed by atoms with Crippen LogP contribution in [0, 0.1) is 12.8 Å². The molecule has 0 radical (unpaired) electrons. The smallest absolute Gasteiger partial charge is 0.230 e. The van der Waals surface area contributed by atoms with Crippen LogP contribution in [0.1, 0.15) is 23.8 Å². The number of hydrogen-bond acceptors (Lipinski definition) is 3. The van der Waals surface area contributed by atoms with Gasteiger partial charge >= 0.3 is 0 Å². The minimum atomic E-state index is -0.352. The van der Waals surface area contributed by atoms with E-state index in [1.807, 2.05) is 25.3 Å². The van der Waals surface area contributed by atoms with Crippen LogP contribution < -0.4 is 11.1 Å². The molecule has 1 unspecified atom stereocenters. The summed E-state index contributed by atoms with van der Waals surface area (Å²) in [6, 6.07) is 2.04. The summed E-state index contributed by atoms with van der Waals surface area (Å²) in [5.41, 5.74) is 6.70. The monoisotopic (exact) mass is 256 g/mol. The highest BCUT2D eigenvalue weighted by Gasteiger charge is 2.18. The van der Waals surface area contributed by atoms with Crippen molar-refractivity contribution in [3.8, 4) is 0 Å². The predicted molar refractivity (Wildman–Crippen MR) is 71.5 cm³/mol. The topological polar surface area (TPSA) is 55.1 Å². The molecular formula is C11H16N2OS2. The number of nitrogens with two attached hydrogens (primary N) is 1. The van der Waals surface area contributed by atoms with Gasteiger partial charge in [0.1, 0.15) is 0 Å². The first-order valence-corrected chi connectivity index (χ1v) is 6.45. The van der Waals surface area contributed by atoms with Gasteiger partial charge in [-0.1, -0.05) is 19.1 Å². The number of carbonyl (C=O) groups excluding carboxylic acids is 1. The fraction of sp³-hybridized carbons (Fsp3) is 0.455. The van der Waals surface area contributed by atoms with Crippen LogP contribution in [0.5, 0.6) is 0 Å². The van der Waals surface area contributed by atoms with Gasteiger partial charge in [0.2, 0.25) is 5.91 Å². The number of aryl methyl sites for hydroxylation is 1. The Morgan fingerprint density at radius 1 is 1.69 bits per heavy atom. The molecule has 0 aliphatic rings. The summed E-state index contributed by atoms with van der Waals surface area (Å²) in [6.07, 6.45) is 0.643. The molecule has 1 aromatic rings. The molecule has 88 valence electrons. The lowest BCUT2D eigenvalue weighted by molar-refractivity contribution is -0.123. The zero-order valence-corrected chi connectivity index (χ0v) is 11.1. The Bertz CT molecular complexity index is 387. The average molecular weight is 256 g/mol. The number of thiocarbonyl (C=S) groups is 1. The van der Waals surface area contributed by atoms with E-state index in [1.54, 1.807) is 11.3 Å². The molecule has 0 spiro atoms. The van der Waals surface area contributed by atoms with Gasteiger partial charge in [-0.3, -0.25) is 4.79 Å². The molecule has 0 saturated carbocycles. The summed E-state index contributed by atoms with van der Waals surface area (Å²) in [4.78, 5) is 13.2. The molecule has 1 heterocycles. The lowest BCUT2D eigenvalue weighted by Gasteiger charge is -2.13. The summed E-state index contributed by atoms with van der Waals surface area (Å²) < 4.78 is 0. The Kier molecular flexibility index (Phi) is 4.89. The Hall–Kier alpha value is -0.940. The van der Waals surface area contributed by atoms with Crippen molar-refractivity contribution in [2.75, 3.05) is 0 Å². The molecule has 0 fully saturated rings. The van der Waals surface area contributed by atoms with Crippen molar-refractivity contribution in [3.63, 3.8) is 0 Å². The highest BCUT2D eigenvalue weighted by molar-refractivity contribution is 7.80. The van der Waals surface area contributed by atoms with Crippen LogP contribution in [0.4, 0.5) is 0 Å². The van der Waals surface area contributed by atoms with Crippen LogP contribution in [0.2, 0.25) is 0 Å². The van der Waals surface area contributed by atoms with Crippen LogP contribution in [0.15, 0.2) is 11.4 Å². The molecule has 0 aliphatic heterocycles. The zero-order valence-electron chi connectivity index (χ0n) is 9.45. The first-order chi connectivity index (χ1) is 7.56. The van der Waals surface area contributed by atoms with E-state index >= 15 is 0 Å². The summed E-state index contributed by atoms with van der Waals surface area (Å²) in [5.74, 6) is -0.432. The van der Waals surface area contributed by atoms with E-state index in [4.69, 9.17) is 18.0 Å². The first-order valence-electron chi connectivity index (χ1n) is 5.16. The van der Waals surface area contributed by atoms with Gasteiger partial charge in [0.05, 0.1) is 17.5 Å². The zero-order chi connectivity index (χ0) is 12.1. The van der Waals surface area contributed by atoms with Crippen LogP contribution in [0.3, 0.4) is 0 Å². The fourth-order valence-electron chi connectivity index (χ4n) is 1.39. The third-order valence-electron chi connectivity index (χ3n) is 2.46. The second kappa shape index (κ2) is 5.96. The number of amides is 1. The van der Waals surface area contributed by atoms with E-state index in [2.05, 4.69) is 5.32 Å². The molecule has 1 aromatic heterocycles. The number of thiophene rings is 1. The number of nitrogens with one attached hydrogen (secondary N) is 1. The Morgan fingerprint density at radius 2 is 2.38 bits per heavy atom. The highest BCUT2D eigenvalue weighted by atomic mass is 32.1. The van der Waals surface area contributed by atoms with Gasteiger partial charge in [-0.2, -0.15) is 0 Å². The van der Waals surface area contributed by atoms with Crippen molar-refractivity contribution in [1.29, 1.82) is 0 Å². The lowest BCUT2D eigenvalue weighted by Crippen LogP contribution is -2.37. The molecule has 1 atom stereocenters. The summed E-state index contributed by atoms with van der Waals surface area (Å²) >= 11 is 6.49. The molecule has 5 heteroatoms. The molecule has 0 saturated heterocycles. The van der Waals surface area contributed by atoms with Gasteiger partial charge in [-0.25, -0.2) is 0 Å². The van der Waals surface area contributed by atoms with Gasteiger partial charge in [0, 0.05) is 4.88 Å². The third kappa shape index (κ3) is 3.28. The van der Waals surface area contributed by atoms with Crippen LogP contribution >= 0.6 is 23.6 Å². The second-order valence-corrected chi connectivity index (χ2v) is 5.08. The van der Waals surface area contributed by atoms with E-state index in [0.29, 0.717) is 13.0 Å². The minimum Gasteiger partial charge on any atom is -0.393 e. The van der Waals surface area contributed by atoms with E-state index in [9.17, 15) is 4.79 Å². The van der Waals surface area contributed by atoms with Crippen LogP contribution in [-0.2, 0) is 11.3 Å². The Labute approximate surface area is 105 Å².